The second-order valence-electron chi connectivity index (χ2n) is 5.38. The van der Waals surface area contributed by atoms with Gasteiger partial charge in [-0.2, -0.15) is 5.10 Å². The zero-order valence-corrected chi connectivity index (χ0v) is 13.9. The molecule has 3 nitrogen and oxygen atoms in total. The van der Waals surface area contributed by atoms with Gasteiger partial charge in [-0.25, -0.2) is 5.43 Å². The summed E-state index contributed by atoms with van der Waals surface area (Å²) in [6, 6.07) is 7.20. The Kier molecular flexibility index (Phi) is 5.12. The van der Waals surface area contributed by atoms with E-state index in [0.29, 0.717) is 11.5 Å². The van der Waals surface area contributed by atoms with Crippen molar-refractivity contribution in [2.75, 3.05) is 0 Å². The summed E-state index contributed by atoms with van der Waals surface area (Å²) in [6.07, 6.45) is 3.99. The van der Waals surface area contributed by atoms with Gasteiger partial charge in [-0.1, -0.05) is 34.2 Å². The molecule has 0 radical (unpaired) electrons. The van der Waals surface area contributed by atoms with Crippen molar-refractivity contribution in [3.05, 3.63) is 58.1 Å². The van der Waals surface area contributed by atoms with Gasteiger partial charge in [-0.3, -0.25) is 4.79 Å². The van der Waals surface area contributed by atoms with Gasteiger partial charge in [-0.15, -0.1) is 0 Å². The molecule has 0 aliphatic heterocycles. The van der Waals surface area contributed by atoms with Gasteiger partial charge in [-0.05, 0) is 62.4 Å². The summed E-state index contributed by atoms with van der Waals surface area (Å²) in [5.41, 5.74) is 6.45. The van der Waals surface area contributed by atoms with Gasteiger partial charge in [0.15, 0.2) is 0 Å². The summed E-state index contributed by atoms with van der Waals surface area (Å²) in [4.78, 5) is 12.1. The predicted octanol–water partition coefficient (Wildman–Crippen LogP) is 4.47. The van der Waals surface area contributed by atoms with E-state index in [1.54, 1.807) is 12.1 Å². The number of amides is 1. The van der Waals surface area contributed by atoms with Gasteiger partial charge in [0.25, 0.3) is 5.91 Å². The fraction of sp³-hybridized carbons (Fsp3) is 0.294. The molecule has 0 aromatic heterocycles. The fourth-order valence-electron chi connectivity index (χ4n) is 2.21. The van der Waals surface area contributed by atoms with Crippen LogP contribution in [-0.4, -0.2) is 11.6 Å². The lowest BCUT2D eigenvalue weighted by Gasteiger charge is -2.22. The number of allylic oxidation sites excluding steroid dienone is 3. The summed E-state index contributed by atoms with van der Waals surface area (Å²) < 4.78 is 0.945. The maximum atomic E-state index is 12.1. The molecule has 4 heteroatoms. The molecule has 0 saturated carbocycles. The minimum absolute atomic E-state index is 0.194. The van der Waals surface area contributed by atoms with Crippen molar-refractivity contribution in [3.8, 4) is 0 Å². The molecule has 0 heterocycles. The standard InChI is InChI=1S/C17H19BrN2O/c1-11(2)14-5-4-12(3)16(10-14)19-20-17(21)13-6-8-15(18)9-7-13/h4,6-9,14H,1,5,10H2,2-3H3,(H,20,21)/b19-16-/t14-/m0/s1. The fourth-order valence-corrected chi connectivity index (χ4v) is 2.47. The summed E-state index contributed by atoms with van der Waals surface area (Å²) in [5, 5.41) is 4.29. The minimum Gasteiger partial charge on any atom is -0.267 e. The van der Waals surface area contributed by atoms with Crippen molar-refractivity contribution in [1.82, 2.24) is 5.43 Å². The van der Waals surface area contributed by atoms with Crippen LogP contribution in [0, 0.1) is 5.92 Å². The second kappa shape index (κ2) is 6.85. The number of hydrogen-bond acceptors (Lipinski definition) is 2. The largest absolute Gasteiger partial charge is 0.271 e. The molecule has 1 aromatic rings. The van der Waals surface area contributed by atoms with E-state index in [4.69, 9.17) is 0 Å². The van der Waals surface area contributed by atoms with Crippen molar-refractivity contribution in [2.45, 2.75) is 26.7 Å². The number of rotatable bonds is 3. The van der Waals surface area contributed by atoms with Gasteiger partial charge in [0, 0.05) is 10.0 Å². The van der Waals surface area contributed by atoms with Crippen molar-refractivity contribution in [3.63, 3.8) is 0 Å². The van der Waals surface area contributed by atoms with Crippen LogP contribution in [0.5, 0.6) is 0 Å². The number of nitrogens with zero attached hydrogens (tertiary/aromatic N) is 1. The molecule has 1 N–H and O–H groups in total. The van der Waals surface area contributed by atoms with Gasteiger partial charge in [0.1, 0.15) is 0 Å². The quantitative estimate of drug-likeness (QED) is 0.636. The van der Waals surface area contributed by atoms with E-state index in [1.807, 2.05) is 26.0 Å². The van der Waals surface area contributed by atoms with Crippen LogP contribution in [0.4, 0.5) is 0 Å². The van der Waals surface area contributed by atoms with E-state index in [0.717, 1.165) is 34.2 Å². The molecular weight excluding hydrogens is 328 g/mol. The highest BCUT2D eigenvalue weighted by atomic mass is 79.9. The van der Waals surface area contributed by atoms with Gasteiger partial charge in [0.05, 0.1) is 5.71 Å². The molecule has 1 aromatic carbocycles. The highest BCUT2D eigenvalue weighted by molar-refractivity contribution is 9.10. The zero-order valence-electron chi connectivity index (χ0n) is 12.3. The van der Waals surface area contributed by atoms with Crippen molar-refractivity contribution >= 4 is 27.5 Å². The maximum absolute atomic E-state index is 12.1. The highest BCUT2D eigenvalue weighted by Crippen LogP contribution is 2.26. The second-order valence-corrected chi connectivity index (χ2v) is 6.29. The van der Waals surface area contributed by atoms with Crippen LogP contribution < -0.4 is 5.43 Å². The smallest absolute Gasteiger partial charge is 0.267 e. The van der Waals surface area contributed by atoms with Crippen LogP contribution in [0.2, 0.25) is 0 Å². The molecule has 1 aliphatic carbocycles. The molecule has 110 valence electrons. The van der Waals surface area contributed by atoms with E-state index < -0.39 is 0 Å². The Hall–Kier alpha value is -1.68. The van der Waals surface area contributed by atoms with Gasteiger partial charge >= 0.3 is 0 Å². The van der Waals surface area contributed by atoms with E-state index in [1.165, 1.54) is 0 Å². The first-order valence-corrected chi connectivity index (χ1v) is 7.71. The van der Waals surface area contributed by atoms with E-state index >= 15 is 0 Å². The van der Waals surface area contributed by atoms with Crippen LogP contribution in [0.25, 0.3) is 0 Å². The van der Waals surface area contributed by atoms with E-state index in [9.17, 15) is 4.79 Å². The Bertz CT molecular complexity index is 614. The Morgan fingerprint density at radius 2 is 2.05 bits per heavy atom. The van der Waals surface area contributed by atoms with Crippen molar-refractivity contribution < 1.29 is 4.79 Å². The van der Waals surface area contributed by atoms with Gasteiger partial charge in [0.2, 0.25) is 0 Å². The molecule has 1 aliphatic rings. The third kappa shape index (κ3) is 4.14. The number of carbonyl (C=O) groups is 1. The third-order valence-electron chi connectivity index (χ3n) is 3.70. The molecule has 0 saturated heterocycles. The number of hydrogen-bond donors (Lipinski definition) is 1. The summed E-state index contributed by atoms with van der Waals surface area (Å²) in [5.74, 6) is 0.220. The lowest BCUT2D eigenvalue weighted by atomic mass is 9.85. The number of halogens is 1. The Morgan fingerprint density at radius 1 is 1.38 bits per heavy atom. The molecule has 21 heavy (non-hydrogen) atoms. The molecular formula is C17H19BrN2O. The first-order valence-electron chi connectivity index (χ1n) is 6.92. The van der Waals surface area contributed by atoms with E-state index in [-0.39, 0.29) is 5.91 Å². The maximum Gasteiger partial charge on any atom is 0.271 e. The molecule has 0 unspecified atom stereocenters. The topological polar surface area (TPSA) is 41.5 Å². The first kappa shape index (κ1) is 15.7. The van der Waals surface area contributed by atoms with Crippen LogP contribution in [-0.2, 0) is 0 Å². The van der Waals surface area contributed by atoms with Crippen LogP contribution in [0.15, 0.2) is 57.6 Å². The predicted molar refractivity (Wildman–Crippen MR) is 90.3 cm³/mol. The van der Waals surface area contributed by atoms with E-state index in [2.05, 4.69) is 39.1 Å². The lowest BCUT2D eigenvalue weighted by Crippen LogP contribution is -2.23. The molecule has 2 rings (SSSR count). The molecule has 0 fully saturated rings. The average Bonchev–Trinajstić information content (AvgIpc) is 2.46. The molecule has 1 atom stereocenters. The number of hydrazone groups is 1. The van der Waals surface area contributed by atoms with Gasteiger partial charge < -0.3 is 0 Å². The normalized spacial score (nSPS) is 20.0. The SMILES string of the molecule is C=C(C)[C@H]1CC=C(C)/C(=N\NC(=O)c2ccc(Br)cc2)C1. The van der Waals surface area contributed by atoms with Crippen LogP contribution >= 0.6 is 15.9 Å². The molecule has 0 spiro atoms. The zero-order chi connectivity index (χ0) is 15.4. The van der Waals surface area contributed by atoms with Crippen molar-refractivity contribution in [2.24, 2.45) is 11.0 Å². The Labute approximate surface area is 134 Å². The van der Waals surface area contributed by atoms with Crippen LogP contribution in [0.3, 0.4) is 0 Å². The molecule has 1 amide bonds. The summed E-state index contributed by atoms with van der Waals surface area (Å²) >= 11 is 3.35. The minimum atomic E-state index is -0.194. The summed E-state index contributed by atoms with van der Waals surface area (Å²) in [7, 11) is 0. The number of benzene rings is 1. The Morgan fingerprint density at radius 3 is 2.67 bits per heavy atom. The summed E-state index contributed by atoms with van der Waals surface area (Å²) in [6.45, 7) is 8.08. The highest BCUT2D eigenvalue weighted by Gasteiger charge is 2.18. The Balaban J connectivity index is 2.07. The number of nitrogens with one attached hydrogen (secondary N) is 1. The average molecular weight is 347 g/mol. The third-order valence-corrected chi connectivity index (χ3v) is 4.23. The van der Waals surface area contributed by atoms with Crippen molar-refractivity contribution in [1.29, 1.82) is 0 Å². The molecule has 0 bridgehead atoms. The monoisotopic (exact) mass is 346 g/mol. The van der Waals surface area contributed by atoms with Crippen LogP contribution in [0.1, 0.15) is 37.0 Å². The lowest BCUT2D eigenvalue weighted by molar-refractivity contribution is 0.0954. The number of carbonyl (C=O) groups excluding carboxylic acids is 1. The first-order chi connectivity index (χ1) is 9.97.